The van der Waals surface area contributed by atoms with Gasteiger partial charge in [0.1, 0.15) is 0 Å². The van der Waals surface area contributed by atoms with Gasteiger partial charge in [0.2, 0.25) is 0 Å². The molecule has 1 aromatic carbocycles. The number of benzene rings is 1. The third-order valence-corrected chi connectivity index (χ3v) is 3.08. The van der Waals surface area contributed by atoms with Crippen molar-refractivity contribution in [1.29, 1.82) is 0 Å². The molecule has 0 bridgehead atoms. The summed E-state index contributed by atoms with van der Waals surface area (Å²) < 4.78 is 11.2. The molecule has 1 aromatic rings. The smallest absolute Gasteiger partial charge is 0.305 e. The second-order valence-electron chi connectivity index (χ2n) is 4.58. The number of ether oxygens (including phenoxy) is 2. The highest BCUT2D eigenvalue weighted by atomic mass is 79.9. The summed E-state index contributed by atoms with van der Waals surface area (Å²) in [5, 5.41) is 0. The van der Waals surface area contributed by atoms with E-state index in [4.69, 9.17) is 9.47 Å². The van der Waals surface area contributed by atoms with Crippen LogP contribution in [0.5, 0.6) is 0 Å². The van der Waals surface area contributed by atoms with Crippen LogP contribution in [0.1, 0.15) is 39.2 Å². The highest BCUT2D eigenvalue weighted by Crippen LogP contribution is 2.21. The van der Waals surface area contributed by atoms with E-state index in [-0.39, 0.29) is 0 Å². The van der Waals surface area contributed by atoms with Crippen LogP contribution in [0.25, 0.3) is 6.08 Å². The summed E-state index contributed by atoms with van der Waals surface area (Å²) >= 11 is 3.41. The Morgan fingerprint density at radius 3 is 2.33 bits per heavy atom. The van der Waals surface area contributed by atoms with Gasteiger partial charge in [0.25, 0.3) is 6.29 Å². The summed E-state index contributed by atoms with van der Waals surface area (Å²) in [5.74, 6) is -0.977. The van der Waals surface area contributed by atoms with Crippen LogP contribution in [0.2, 0.25) is 0 Å². The van der Waals surface area contributed by atoms with E-state index >= 15 is 0 Å². The van der Waals surface area contributed by atoms with Gasteiger partial charge in [-0.25, -0.2) is 0 Å². The number of hydrogen-bond donors (Lipinski definition) is 0. The molecule has 0 aliphatic heterocycles. The Bertz CT molecular complexity index is 521. The second kappa shape index (κ2) is 8.62. The summed E-state index contributed by atoms with van der Waals surface area (Å²) in [7, 11) is 0. The predicted octanol–water partition coefficient (Wildman–Crippen LogP) is 4.08. The molecule has 0 amide bonds. The molecule has 0 aromatic heterocycles. The molecule has 0 N–H and O–H groups in total. The minimum Gasteiger partial charge on any atom is -0.421 e. The maximum absolute atomic E-state index is 11.2. The molecule has 21 heavy (non-hydrogen) atoms. The molecule has 0 saturated heterocycles. The van der Waals surface area contributed by atoms with E-state index in [2.05, 4.69) is 15.9 Å². The minimum atomic E-state index is -0.973. The third-order valence-electron chi connectivity index (χ3n) is 2.59. The summed E-state index contributed by atoms with van der Waals surface area (Å²) in [6.45, 7) is 4.59. The number of halogens is 1. The van der Waals surface area contributed by atoms with Gasteiger partial charge in [-0.05, 0) is 30.2 Å². The standard InChI is InChI=1S/C16H19BrO4/c1-4-6-14(9-13-7-5-8-15(17)10-13)16(20-11(2)18)21-12(3)19/h5,7-10,16H,4,6H2,1-3H3. The lowest BCUT2D eigenvalue weighted by Crippen LogP contribution is -2.24. The molecule has 0 atom stereocenters. The van der Waals surface area contributed by atoms with E-state index in [0.29, 0.717) is 6.42 Å². The van der Waals surface area contributed by atoms with Gasteiger partial charge in [-0.2, -0.15) is 0 Å². The van der Waals surface area contributed by atoms with Gasteiger partial charge in [0.05, 0.1) is 0 Å². The molecule has 1 rings (SSSR count). The largest absolute Gasteiger partial charge is 0.421 e. The summed E-state index contributed by atoms with van der Waals surface area (Å²) in [5.41, 5.74) is 1.69. The predicted molar refractivity (Wildman–Crippen MR) is 84.3 cm³/mol. The quantitative estimate of drug-likeness (QED) is 0.570. The summed E-state index contributed by atoms with van der Waals surface area (Å²) in [6, 6.07) is 7.70. The summed E-state index contributed by atoms with van der Waals surface area (Å²) in [6.07, 6.45) is 2.42. The first-order chi connectivity index (χ1) is 9.92. The Kier molecular flexibility index (Phi) is 7.15. The SMILES string of the molecule is CCCC(=Cc1cccc(Br)c1)C(OC(C)=O)OC(C)=O. The second-order valence-corrected chi connectivity index (χ2v) is 5.49. The van der Waals surface area contributed by atoms with Gasteiger partial charge in [0, 0.05) is 23.9 Å². The Labute approximate surface area is 133 Å². The fourth-order valence-electron chi connectivity index (χ4n) is 1.83. The van der Waals surface area contributed by atoms with Gasteiger partial charge in [0.15, 0.2) is 0 Å². The van der Waals surface area contributed by atoms with Crippen LogP contribution in [-0.2, 0) is 19.1 Å². The molecule has 0 saturated carbocycles. The molecule has 0 fully saturated rings. The van der Waals surface area contributed by atoms with Crippen LogP contribution < -0.4 is 0 Å². The molecule has 0 aliphatic rings. The molecule has 0 heterocycles. The Hall–Kier alpha value is -1.62. The van der Waals surface area contributed by atoms with Gasteiger partial charge >= 0.3 is 11.9 Å². The van der Waals surface area contributed by atoms with E-state index in [0.717, 1.165) is 22.0 Å². The molecular weight excluding hydrogens is 336 g/mol. The van der Waals surface area contributed by atoms with Crippen LogP contribution in [0.4, 0.5) is 0 Å². The normalized spacial score (nSPS) is 11.4. The van der Waals surface area contributed by atoms with Crippen molar-refractivity contribution >= 4 is 33.9 Å². The van der Waals surface area contributed by atoms with Crippen molar-refractivity contribution in [2.45, 2.75) is 39.9 Å². The van der Waals surface area contributed by atoms with E-state index in [1.807, 2.05) is 37.3 Å². The number of carbonyl (C=O) groups excluding carboxylic acids is 2. The van der Waals surface area contributed by atoms with Crippen molar-refractivity contribution in [2.75, 3.05) is 0 Å². The third kappa shape index (κ3) is 6.58. The molecule has 5 heteroatoms. The van der Waals surface area contributed by atoms with Crippen molar-refractivity contribution in [3.05, 3.63) is 39.9 Å². The van der Waals surface area contributed by atoms with Crippen LogP contribution in [0.3, 0.4) is 0 Å². The number of carbonyl (C=O) groups is 2. The van der Waals surface area contributed by atoms with Gasteiger partial charge < -0.3 is 9.47 Å². The fourth-order valence-corrected chi connectivity index (χ4v) is 2.25. The van der Waals surface area contributed by atoms with Gasteiger partial charge in [-0.1, -0.05) is 41.4 Å². The highest BCUT2D eigenvalue weighted by molar-refractivity contribution is 9.10. The van der Waals surface area contributed by atoms with E-state index < -0.39 is 18.2 Å². The molecule has 4 nitrogen and oxygen atoms in total. The number of esters is 2. The molecule has 0 spiro atoms. The van der Waals surface area contributed by atoms with Crippen LogP contribution in [0.15, 0.2) is 34.3 Å². The number of hydrogen-bond acceptors (Lipinski definition) is 4. The molecule has 114 valence electrons. The first-order valence-corrected chi connectivity index (χ1v) is 7.52. The lowest BCUT2D eigenvalue weighted by Gasteiger charge is -2.19. The van der Waals surface area contributed by atoms with Crippen molar-refractivity contribution < 1.29 is 19.1 Å². The highest BCUT2D eigenvalue weighted by Gasteiger charge is 2.20. The lowest BCUT2D eigenvalue weighted by molar-refractivity contribution is -0.178. The van der Waals surface area contributed by atoms with E-state index in [1.165, 1.54) is 13.8 Å². The average molecular weight is 355 g/mol. The molecule has 0 aliphatic carbocycles. The fraction of sp³-hybridized carbons (Fsp3) is 0.375. The topological polar surface area (TPSA) is 52.6 Å². The Morgan fingerprint density at radius 1 is 1.24 bits per heavy atom. The van der Waals surface area contributed by atoms with E-state index in [9.17, 15) is 9.59 Å². The van der Waals surface area contributed by atoms with Crippen LogP contribution in [-0.4, -0.2) is 18.2 Å². The zero-order chi connectivity index (χ0) is 15.8. The number of rotatable bonds is 6. The maximum Gasteiger partial charge on any atom is 0.305 e. The van der Waals surface area contributed by atoms with Crippen LogP contribution >= 0.6 is 15.9 Å². The molecular formula is C16H19BrO4. The van der Waals surface area contributed by atoms with Crippen molar-refractivity contribution in [3.63, 3.8) is 0 Å². The maximum atomic E-state index is 11.2. The first-order valence-electron chi connectivity index (χ1n) is 6.72. The molecule has 0 unspecified atom stereocenters. The Morgan fingerprint density at radius 2 is 1.86 bits per heavy atom. The zero-order valence-corrected chi connectivity index (χ0v) is 14.0. The van der Waals surface area contributed by atoms with Crippen molar-refractivity contribution in [2.24, 2.45) is 0 Å². The average Bonchev–Trinajstić information content (AvgIpc) is 2.36. The Balaban J connectivity index is 3.09. The van der Waals surface area contributed by atoms with Crippen LogP contribution in [0, 0.1) is 0 Å². The lowest BCUT2D eigenvalue weighted by atomic mass is 10.1. The summed E-state index contributed by atoms with van der Waals surface area (Å²) in [4.78, 5) is 22.4. The van der Waals surface area contributed by atoms with E-state index in [1.54, 1.807) is 0 Å². The van der Waals surface area contributed by atoms with Gasteiger partial charge in [-0.15, -0.1) is 0 Å². The van der Waals surface area contributed by atoms with Crippen molar-refractivity contribution in [1.82, 2.24) is 0 Å². The monoisotopic (exact) mass is 354 g/mol. The van der Waals surface area contributed by atoms with Crippen molar-refractivity contribution in [3.8, 4) is 0 Å². The first kappa shape index (κ1) is 17.4. The molecule has 0 radical (unpaired) electrons. The zero-order valence-electron chi connectivity index (χ0n) is 12.4. The minimum absolute atomic E-state index is 0.488. The van der Waals surface area contributed by atoms with Gasteiger partial charge in [-0.3, -0.25) is 9.59 Å².